The number of fused-ring (bicyclic) bond motifs is 1. The lowest BCUT2D eigenvalue weighted by molar-refractivity contribution is -0.384. The van der Waals surface area contributed by atoms with Gasteiger partial charge < -0.3 is 4.57 Å². The van der Waals surface area contributed by atoms with Crippen LogP contribution in [0.15, 0.2) is 59.6 Å². The van der Waals surface area contributed by atoms with Crippen LogP contribution < -0.4 is 0 Å². The summed E-state index contributed by atoms with van der Waals surface area (Å²) in [5.74, 6) is -0.0605. The predicted molar refractivity (Wildman–Crippen MR) is 120 cm³/mol. The molecule has 1 amide bonds. The fraction of sp³-hybridized carbons (Fsp3) is 0.143. The van der Waals surface area contributed by atoms with Gasteiger partial charge in [-0.3, -0.25) is 19.8 Å². The van der Waals surface area contributed by atoms with Crippen molar-refractivity contribution >= 4 is 56.9 Å². The van der Waals surface area contributed by atoms with E-state index in [9.17, 15) is 14.9 Å². The normalized spacial score (nSPS) is 15.6. The number of nitrogens with zero attached hydrogens (tertiary/aromatic N) is 3. The summed E-state index contributed by atoms with van der Waals surface area (Å²) >= 11 is 6.62. The lowest BCUT2D eigenvalue weighted by atomic mass is 10.1. The molecule has 2 aromatic carbocycles. The molecule has 1 aromatic heterocycles. The van der Waals surface area contributed by atoms with Gasteiger partial charge in [0.15, 0.2) is 0 Å². The minimum Gasteiger partial charge on any atom is -0.342 e. The van der Waals surface area contributed by atoms with Crippen LogP contribution >= 0.6 is 24.0 Å². The van der Waals surface area contributed by atoms with E-state index in [1.165, 1.54) is 23.9 Å². The number of amides is 1. The SMILES string of the molecule is CCN1C(=O)/C(=C\c2cn(Cc3ccc([N+](=O)[O-])cc3)c3ccccc23)SC1=S. The van der Waals surface area contributed by atoms with Gasteiger partial charge in [-0.25, -0.2) is 0 Å². The smallest absolute Gasteiger partial charge is 0.269 e. The number of nitro benzene ring substituents is 1. The Hall–Kier alpha value is -2.97. The van der Waals surface area contributed by atoms with E-state index in [4.69, 9.17) is 12.2 Å². The van der Waals surface area contributed by atoms with Crippen LogP contribution in [-0.2, 0) is 11.3 Å². The molecule has 1 fully saturated rings. The number of hydrogen-bond acceptors (Lipinski definition) is 5. The standard InChI is InChI=1S/C21H17N3O3S2/c1-2-23-20(25)19(29-21(23)28)11-15-13-22(18-6-4-3-5-17(15)18)12-14-7-9-16(10-8-14)24(26)27/h3-11,13H,2,12H2,1H3/b19-11+. The maximum Gasteiger partial charge on any atom is 0.269 e. The van der Waals surface area contributed by atoms with Crippen molar-refractivity contribution in [2.45, 2.75) is 13.5 Å². The Kier molecular flexibility index (Phi) is 5.21. The topological polar surface area (TPSA) is 68.4 Å². The lowest BCUT2D eigenvalue weighted by Crippen LogP contribution is -2.27. The number of non-ortho nitro benzene ring substituents is 1. The van der Waals surface area contributed by atoms with E-state index >= 15 is 0 Å². The van der Waals surface area contributed by atoms with Gasteiger partial charge in [-0.05, 0) is 24.6 Å². The van der Waals surface area contributed by atoms with E-state index < -0.39 is 4.92 Å². The quantitative estimate of drug-likeness (QED) is 0.255. The third kappa shape index (κ3) is 3.68. The van der Waals surface area contributed by atoms with Crippen molar-refractivity contribution in [1.82, 2.24) is 9.47 Å². The summed E-state index contributed by atoms with van der Waals surface area (Å²) in [5, 5.41) is 11.9. The van der Waals surface area contributed by atoms with Crippen molar-refractivity contribution in [2.75, 3.05) is 6.54 Å². The van der Waals surface area contributed by atoms with Crippen LogP contribution in [-0.4, -0.2) is 31.2 Å². The molecule has 1 saturated heterocycles. The number of likely N-dealkylation sites (N-methyl/N-ethyl adjacent to an activating group) is 1. The Morgan fingerprint density at radius 3 is 2.55 bits per heavy atom. The average Bonchev–Trinajstić information content (AvgIpc) is 3.19. The summed E-state index contributed by atoms with van der Waals surface area (Å²) in [4.78, 5) is 25.2. The molecule has 1 aliphatic rings. The molecule has 0 atom stereocenters. The third-order valence-electron chi connectivity index (χ3n) is 4.80. The van der Waals surface area contributed by atoms with Gasteiger partial charge in [-0.1, -0.05) is 54.3 Å². The Morgan fingerprint density at radius 2 is 1.90 bits per heavy atom. The van der Waals surface area contributed by atoms with Gasteiger partial charge in [0, 0.05) is 47.9 Å². The van der Waals surface area contributed by atoms with Gasteiger partial charge >= 0.3 is 0 Å². The van der Waals surface area contributed by atoms with E-state index in [-0.39, 0.29) is 11.6 Å². The highest BCUT2D eigenvalue weighted by Crippen LogP contribution is 2.34. The van der Waals surface area contributed by atoms with Gasteiger partial charge in [0.05, 0.1) is 9.83 Å². The number of thiocarbonyl (C=S) groups is 1. The van der Waals surface area contributed by atoms with E-state index in [1.807, 2.05) is 43.5 Å². The van der Waals surface area contributed by atoms with E-state index in [1.54, 1.807) is 17.0 Å². The fourth-order valence-corrected chi connectivity index (χ4v) is 4.73. The second kappa shape index (κ2) is 7.81. The zero-order chi connectivity index (χ0) is 20.5. The minimum atomic E-state index is -0.403. The number of benzene rings is 2. The number of aromatic nitrogens is 1. The molecule has 0 N–H and O–H groups in total. The maximum absolute atomic E-state index is 12.6. The summed E-state index contributed by atoms with van der Waals surface area (Å²) in [6.45, 7) is 3.04. The molecule has 0 aliphatic carbocycles. The highest BCUT2D eigenvalue weighted by atomic mass is 32.2. The number of hydrogen-bond donors (Lipinski definition) is 0. The van der Waals surface area contributed by atoms with Crippen molar-refractivity contribution in [2.24, 2.45) is 0 Å². The second-order valence-corrected chi connectivity index (χ2v) is 8.25. The zero-order valence-electron chi connectivity index (χ0n) is 15.6. The number of carbonyl (C=O) groups is 1. The first kappa shape index (κ1) is 19.4. The monoisotopic (exact) mass is 423 g/mol. The molecule has 0 saturated carbocycles. The van der Waals surface area contributed by atoms with Gasteiger partial charge in [0.25, 0.3) is 11.6 Å². The number of nitro groups is 1. The Morgan fingerprint density at radius 1 is 1.17 bits per heavy atom. The van der Waals surface area contributed by atoms with Gasteiger partial charge in [0.1, 0.15) is 4.32 Å². The first-order valence-electron chi connectivity index (χ1n) is 9.04. The van der Waals surface area contributed by atoms with Gasteiger partial charge in [0.2, 0.25) is 0 Å². The zero-order valence-corrected chi connectivity index (χ0v) is 17.2. The number of thioether (sulfide) groups is 1. The van der Waals surface area contributed by atoms with Crippen LogP contribution in [0.3, 0.4) is 0 Å². The number of carbonyl (C=O) groups excluding carboxylic acids is 1. The molecule has 3 aromatic rings. The van der Waals surface area contributed by atoms with Crippen molar-refractivity contribution in [3.05, 3.63) is 80.9 Å². The fourth-order valence-electron chi connectivity index (χ4n) is 3.35. The first-order chi connectivity index (χ1) is 14.0. The van der Waals surface area contributed by atoms with Gasteiger partial charge in [-0.15, -0.1) is 0 Å². The summed E-state index contributed by atoms with van der Waals surface area (Å²) < 4.78 is 2.67. The van der Waals surface area contributed by atoms with Crippen LogP contribution in [0.2, 0.25) is 0 Å². The molecule has 8 heteroatoms. The van der Waals surface area contributed by atoms with Gasteiger partial charge in [-0.2, -0.15) is 0 Å². The van der Waals surface area contributed by atoms with Crippen molar-refractivity contribution in [3.8, 4) is 0 Å². The van der Waals surface area contributed by atoms with Crippen LogP contribution in [0.5, 0.6) is 0 Å². The Labute approximate surface area is 177 Å². The molecule has 0 unspecified atom stereocenters. The van der Waals surface area contributed by atoms with Crippen molar-refractivity contribution in [3.63, 3.8) is 0 Å². The molecule has 29 heavy (non-hydrogen) atoms. The molecule has 146 valence electrons. The number of rotatable bonds is 5. The summed E-state index contributed by atoms with van der Waals surface area (Å²) in [6, 6.07) is 14.5. The highest BCUT2D eigenvalue weighted by molar-refractivity contribution is 8.26. The number of para-hydroxylation sites is 1. The van der Waals surface area contributed by atoms with Crippen molar-refractivity contribution in [1.29, 1.82) is 0 Å². The maximum atomic E-state index is 12.6. The van der Waals surface area contributed by atoms with Crippen LogP contribution in [0.25, 0.3) is 17.0 Å². The molecule has 0 spiro atoms. The average molecular weight is 424 g/mol. The predicted octanol–water partition coefficient (Wildman–Crippen LogP) is 4.82. The highest BCUT2D eigenvalue weighted by Gasteiger charge is 2.30. The lowest BCUT2D eigenvalue weighted by Gasteiger charge is -2.09. The largest absolute Gasteiger partial charge is 0.342 e. The van der Waals surface area contributed by atoms with E-state index in [2.05, 4.69) is 4.57 Å². The minimum absolute atomic E-state index is 0.0605. The molecule has 2 heterocycles. The Bertz CT molecular complexity index is 1170. The second-order valence-electron chi connectivity index (χ2n) is 6.58. The molecule has 0 bridgehead atoms. The molecule has 0 radical (unpaired) electrons. The summed E-state index contributed by atoms with van der Waals surface area (Å²) in [6.07, 6.45) is 3.90. The molecule has 6 nitrogen and oxygen atoms in total. The van der Waals surface area contributed by atoms with Crippen LogP contribution in [0.4, 0.5) is 5.69 Å². The summed E-state index contributed by atoms with van der Waals surface area (Å²) in [5.41, 5.74) is 3.01. The summed E-state index contributed by atoms with van der Waals surface area (Å²) in [7, 11) is 0. The molecule has 1 aliphatic heterocycles. The molecule has 4 rings (SSSR count). The van der Waals surface area contributed by atoms with E-state index in [0.29, 0.717) is 22.3 Å². The van der Waals surface area contributed by atoms with Crippen molar-refractivity contribution < 1.29 is 9.72 Å². The van der Waals surface area contributed by atoms with Crippen LogP contribution in [0, 0.1) is 10.1 Å². The molecular weight excluding hydrogens is 406 g/mol. The van der Waals surface area contributed by atoms with Crippen LogP contribution in [0.1, 0.15) is 18.1 Å². The van der Waals surface area contributed by atoms with E-state index in [0.717, 1.165) is 22.0 Å². The molecular formula is C21H17N3O3S2. The Balaban J connectivity index is 1.71. The first-order valence-corrected chi connectivity index (χ1v) is 10.3. The third-order valence-corrected chi connectivity index (χ3v) is 6.17.